The van der Waals surface area contributed by atoms with Gasteiger partial charge in [-0.15, -0.1) is 0 Å². The SMILES string of the molecule is C=C(Cl)CCc1ccc(C#N)c(C(F)(F)F)c1. The molecule has 0 atom stereocenters. The second-order valence-corrected chi connectivity index (χ2v) is 4.04. The van der Waals surface area contributed by atoms with Crippen LogP contribution in [-0.4, -0.2) is 0 Å². The third-order valence-corrected chi connectivity index (χ3v) is 2.38. The van der Waals surface area contributed by atoms with Gasteiger partial charge in [0, 0.05) is 5.03 Å². The summed E-state index contributed by atoms with van der Waals surface area (Å²) in [6.45, 7) is 3.47. The highest BCUT2D eigenvalue weighted by Crippen LogP contribution is 2.32. The summed E-state index contributed by atoms with van der Waals surface area (Å²) in [6, 6.07) is 5.18. The molecule has 0 heterocycles. The van der Waals surface area contributed by atoms with E-state index in [0.717, 1.165) is 6.07 Å². The van der Waals surface area contributed by atoms with Crippen molar-refractivity contribution in [3.05, 3.63) is 46.5 Å². The van der Waals surface area contributed by atoms with Gasteiger partial charge in [0.1, 0.15) is 0 Å². The van der Waals surface area contributed by atoms with Gasteiger partial charge < -0.3 is 0 Å². The van der Waals surface area contributed by atoms with Crippen molar-refractivity contribution in [3.8, 4) is 6.07 Å². The molecule has 0 aliphatic carbocycles. The first-order valence-electron chi connectivity index (χ1n) is 4.78. The highest BCUT2D eigenvalue weighted by atomic mass is 35.5. The van der Waals surface area contributed by atoms with Crippen LogP contribution in [0.1, 0.15) is 23.1 Å². The number of nitriles is 1. The van der Waals surface area contributed by atoms with Crippen molar-refractivity contribution in [1.82, 2.24) is 0 Å². The van der Waals surface area contributed by atoms with Crippen molar-refractivity contribution in [2.75, 3.05) is 0 Å². The maximum Gasteiger partial charge on any atom is 0.417 e. The molecule has 17 heavy (non-hydrogen) atoms. The Morgan fingerprint density at radius 2 is 2.06 bits per heavy atom. The number of hydrogen-bond acceptors (Lipinski definition) is 1. The van der Waals surface area contributed by atoms with E-state index in [-0.39, 0.29) is 5.56 Å². The molecule has 0 amide bonds. The largest absolute Gasteiger partial charge is 0.417 e. The average Bonchev–Trinajstić information content (AvgIpc) is 2.24. The highest BCUT2D eigenvalue weighted by molar-refractivity contribution is 6.29. The molecule has 0 aliphatic heterocycles. The molecular weight excluding hydrogens is 251 g/mol. The van der Waals surface area contributed by atoms with Crippen LogP contribution in [0.15, 0.2) is 29.8 Å². The summed E-state index contributed by atoms with van der Waals surface area (Å²) in [5, 5.41) is 9.00. The zero-order valence-corrected chi connectivity index (χ0v) is 9.57. The molecule has 0 spiro atoms. The third-order valence-electron chi connectivity index (χ3n) is 2.19. The van der Waals surface area contributed by atoms with Gasteiger partial charge in [-0.25, -0.2) is 0 Å². The molecular formula is C12H9ClF3N. The predicted octanol–water partition coefficient (Wildman–Crippen LogP) is 4.26. The lowest BCUT2D eigenvalue weighted by molar-refractivity contribution is -0.137. The number of alkyl halides is 3. The number of rotatable bonds is 3. The van der Waals surface area contributed by atoms with Crippen molar-refractivity contribution in [2.24, 2.45) is 0 Å². The monoisotopic (exact) mass is 259 g/mol. The molecule has 0 radical (unpaired) electrons. The molecule has 0 N–H and O–H groups in total. The number of benzene rings is 1. The molecule has 0 saturated carbocycles. The minimum atomic E-state index is -4.51. The fourth-order valence-corrected chi connectivity index (χ4v) is 1.45. The highest BCUT2D eigenvalue weighted by Gasteiger charge is 2.33. The van der Waals surface area contributed by atoms with E-state index in [4.69, 9.17) is 16.9 Å². The van der Waals surface area contributed by atoms with Gasteiger partial charge in [-0.1, -0.05) is 24.2 Å². The number of allylic oxidation sites excluding steroid dienone is 1. The maximum absolute atomic E-state index is 12.6. The normalized spacial score (nSPS) is 11.0. The van der Waals surface area contributed by atoms with E-state index in [0.29, 0.717) is 23.4 Å². The van der Waals surface area contributed by atoms with Gasteiger partial charge >= 0.3 is 6.18 Å². The molecule has 0 aromatic heterocycles. The van der Waals surface area contributed by atoms with Crippen LogP contribution < -0.4 is 0 Å². The topological polar surface area (TPSA) is 23.8 Å². The van der Waals surface area contributed by atoms with Crippen LogP contribution in [-0.2, 0) is 12.6 Å². The number of halogens is 4. The van der Waals surface area contributed by atoms with Gasteiger partial charge in [-0.05, 0) is 30.5 Å². The van der Waals surface area contributed by atoms with Crippen molar-refractivity contribution in [1.29, 1.82) is 5.26 Å². The van der Waals surface area contributed by atoms with Gasteiger partial charge in [0.05, 0.1) is 17.2 Å². The van der Waals surface area contributed by atoms with Gasteiger partial charge in [0.25, 0.3) is 0 Å². The van der Waals surface area contributed by atoms with Gasteiger partial charge in [0.15, 0.2) is 0 Å². The zero-order valence-electron chi connectivity index (χ0n) is 8.81. The van der Waals surface area contributed by atoms with Crippen molar-refractivity contribution in [3.63, 3.8) is 0 Å². The summed E-state index contributed by atoms with van der Waals surface area (Å²) in [6.07, 6.45) is -3.74. The molecule has 0 unspecified atom stereocenters. The first kappa shape index (κ1) is 13.6. The average molecular weight is 260 g/mol. The predicted molar refractivity (Wildman–Crippen MR) is 59.5 cm³/mol. The standard InChI is InChI=1S/C12H9ClF3N/c1-8(13)2-3-9-4-5-10(7-17)11(6-9)12(14,15)16/h4-6H,1-3H2. The molecule has 1 aromatic rings. The van der Waals surface area contributed by atoms with Crippen LogP contribution in [0.4, 0.5) is 13.2 Å². The fourth-order valence-electron chi connectivity index (χ4n) is 1.36. The Labute approximate surface area is 102 Å². The van der Waals surface area contributed by atoms with E-state index in [2.05, 4.69) is 6.58 Å². The second-order valence-electron chi connectivity index (χ2n) is 3.51. The van der Waals surface area contributed by atoms with E-state index in [1.165, 1.54) is 18.2 Å². The van der Waals surface area contributed by atoms with E-state index >= 15 is 0 Å². The van der Waals surface area contributed by atoms with E-state index < -0.39 is 11.7 Å². The minimum absolute atomic E-state index is 0.369. The molecule has 0 bridgehead atoms. The van der Waals surface area contributed by atoms with Crippen LogP contribution >= 0.6 is 11.6 Å². The molecule has 90 valence electrons. The molecule has 5 heteroatoms. The summed E-state index contributed by atoms with van der Waals surface area (Å²) >= 11 is 5.55. The molecule has 1 rings (SSSR count). The molecule has 1 aromatic carbocycles. The maximum atomic E-state index is 12.6. The lowest BCUT2D eigenvalue weighted by atomic mass is 10.0. The van der Waals surface area contributed by atoms with Crippen LogP contribution in [0.3, 0.4) is 0 Å². The van der Waals surface area contributed by atoms with Crippen LogP contribution in [0.5, 0.6) is 0 Å². The Morgan fingerprint density at radius 1 is 1.41 bits per heavy atom. The Balaban J connectivity index is 3.06. The minimum Gasteiger partial charge on any atom is -0.192 e. The second kappa shape index (κ2) is 5.24. The summed E-state index contributed by atoms with van der Waals surface area (Å²) < 4.78 is 37.9. The lowest BCUT2D eigenvalue weighted by Crippen LogP contribution is -2.08. The molecule has 0 aliphatic rings. The quantitative estimate of drug-likeness (QED) is 0.796. The molecule has 0 saturated heterocycles. The Morgan fingerprint density at radius 3 is 2.53 bits per heavy atom. The van der Waals surface area contributed by atoms with Crippen molar-refractivity contribution < 1.29 is 13.2 Å². The van der Waals surface area contributed by atoms with Crippen LogP contribution in [0.25, 0.3) is 0 Å². The van der Waals surface area contributed by atoms with Gasteiger partial charge in [-0.3, -0.25) is 0 Å². The molecule has 0 fully saturated rings. The Kier molecular flexibility index (Phi) is 4.19. The van der Waals surface area contributed by atoms with E-state index in [1.54, 1.807) is 0 Å². The van der Waals surface area contributed by atoms with Gasteiger partial charge in [0.2, 0.25) is 0 Å². The van der Waals surface area contributed by atoms with Crippen LogP contribution in [0.2, 0.25) is 0 Å². The van der Waals surface area contributed by atoms with E-state index in [1.807, 2.05) is 0 Å². The summed E-state index contributed by atoms with van der Waals surface area (Å²) in [7, 11) is 0. The van der Waals surface area contributed by atoms with Gasteiger partial charge in [-0.2, -0.15) is 18.4 Å². The first-order chi connectivity index (χ1) is 7.84. The Hall–Kier alpha value is -1.47. The third kappa shape index (κ3) is 3.79. The summed E-state index contributed by atoms with van der Waals surface area (Å²) in [4.78, 5) is 0. The molecule has 1 nitrogen and oxygen atoms in total. The lowest BCUT2D eigenvalue weighted by Gasteiger charge is -2.10. The van der Waals surface area contributed by atoms with Crippen molar-refractivity contribution >= 4 is 11.6 Å². The fraction of sp³-hybridized carbons (Fsp3) is 0.250. The number of nitrogens with zero attached hydrogens (tertiary/aromatic N) is 1. The summed E-state index contributed by atoms with van der Waals surface area (Å²) in [5.41, 5.74) is -0.790. The van der Waals surface area contributed by atoms with Crippen LogP contribution in [0, 0.1) is 11.3 Å². The number of hydrogen-bond donors (Lipinski definition) is 0. The van der Waals surface area contributed by atoms with Crippen molar-refractivity contribution in [2.45, 2.75) is 19.0 Å². The summed E-state index contributed by atoms with van der Waals surface area (Å²) in [5.74, 6) is 0. The zero-order chi connectivity index (χ0) is 13.1. The number of aryl methyl sites for hydroxylation is 1. The first-order valence-corrected chi connectivity index (χ1v) is 5.16. The van der Waals surface area contributed by atoms with E-state index in [9.17, 15) is 13.2 Å². The Bertz CT molecular complexity index is 472. The smallest absolute Gasteiger partial charge is 0.192 e.